The Kier molecular flexibility index (Phi) is 0.837. The first-order chi connectivity index (χ1) is 4.29. The maximum Gasteiger partial charge on any atom is 0.0493 e. The summed E-state index contributed by atoms with van der Waals surface area (Å²) in [7, 11) is 0. The molecule has 52 valence electrons. The fourth-order valence-corrected chi connectivity index (χ4v) is 2.22. The van der Waals surface area contributed by atoms with E-state index in [1.54, 1.807) is 0 Å². The molecule has 2 heteroatoms. The van der Waals surface area contributed by atoms with Crippen molar-refractivity contribution in [2.75, 3.05) is 13.2 Å². The quantitative estimate of drug-likeness (QED) is 0.555. The van der Waals surface area contributed by atoms with E-state index < -0.39 is 0 Å². The lowest BCUT2D eigenvalue weighted by atomic mass is 9.75. The maximum absolute atomic E-state index is 8.87. The Labute approximate surface area is 54.5 Å². The van der Waals surface area contributed by atoms with Gasteiger partial charge in [-0.1, -0.05) is 0 Å². The fourth-order valence-electron chi connectivity index (χ4n) is 2.22. The first kappa shape index (κ1) is 5.69. The van der Waals surface area contributed by atoms with Gasteiger partial charge < -0.3 is 10.2 Å². The molecule has 2 atom stereocenters. The molecular weight excluding hydrogens is 116 g/mol. The van der Waals surface area contributed by atoms with Gasteiger partial charge in [0, 0.05) is 24.0 Å². The van der Waals surface area contributed by atoms with Gasteiger partial charge in [0.15, 0.2) is 0 Å². The molecule has 2 rings (SSSR count). The van der Waals surface area contributed by atoms with E-state index in [-0.39, 0.29) is 24.0 Å². The van der Waals surface area contributed by atoms with Crippen LogP contribution in [-0.2, 0) is 0 Å². The molecule has 0 amide bonds. The minimum absolute atomic E-state index is 0.182. The summed E-state index contributed by atoms with van der Waals surface area (Å²) in [5.74, 6) is 0. The second-order valence-electron chi connectivity index (χ2n) is 3.55. The SMILES string of the molecule is OCC12CCC1(CO)C2. The first-order valence-electron chi connectivity index (χ1n) is 3.50. The van der Waals surface area contributed by atoms with Crippen molar-refractivity contribution in [3.63, 3.8) is 0 Å². The highest BCUT2D eigenvalue weighted by atomic mass is 16.3. The molecule has 0 aromatic rings. The van der Waals surface area contributed by atoms with Gasteiger partial charge in [0.25, 0.3) is 0 Å². The Morgan fingerprint density at radius 2 is 1.44 bits per heavy atom. The smallest absolute Gasteiger partial charge is 0.0493 e. The number of hydrogen-bond acceptors (Lipinski definition) is 2. The summed E-state index contributed by atoms with van der Waals surface area (Å²) < 4.78 is 0. The molecule has 2 N–H and O–H groups in total. The van der Waals surface area contributed by atoms with Crippen LogP contribution < -0.4 is 0 Å². The summed E-state index contributed by atoms with van der Waals surface area (Å²) in [5.41, 5.74) is 0.365. The van der Waals surface area contributed by atoms with Crippen molar-refractivity contribution in [2.24, 2.45) is 10.8 Å². The largest absolute Gasteiger partial charge is 0.396 e. The van der Waals surface area contributed by atoms with Crippen molar-refractivity contribution >= 4 is 0 Å². The van der Waals surface area contributed by atoms with Crippen LogP contribution >= 0.6 is 0 Å². The lowest BCUT2D eigenvalue weighted by Crippen LogP contribution is -2.31. The molecule has 0 heterocycles. The van der Waals surface area contributed by atoms with Crippen LogP contribution in [0.3, 0.4) is 0 Å². The average molecular weight is 128 g/mol. The second-order valence-corrected chi connectivity index (χ2v) is 3.55. The van der Waals surface area contributed by atoms with E-state index in [2.05, 4.69) is 0 Å². The number of rotatable bonds is 2. The van der Waals surface area contributed by atoms with Gasteiger partial charge in [0.2, 0.25) is 0 Å². The van der Waals surface area contributed by atoms with Crippen molar-refractivity contribution in [3.05, 3.63) is 0 Å². The summed E-state index contributed by atoms with van der Waals surface area (Å²) >= 11 is 0. The third-order valence-corrected chi connectivity index (χ3v) is 3.36. The van der Waals surface area contributed by atoms with E-state index in [4.69, 9.17) is 10.2 Å². The van der Waals surface area contributed by atoms with E-state index in [1.165, 1.54) is 0 Å². The summed E-state index contributed by atoms with van der Waals surface area (Å²) in [6.07, 6.45) is 3.32. The van der Waals surface area contributed by atoms with E-state index >= 15 is 0 Å². The molecule has 2 unspecified atom stereocenters. The summed E-state index contributed by atoms with van der Waals surface area (Å²) in [5, 5.41) is 17.7. The van der Waals surface area contributed by atoms with E-state index in [1.807, 2.05) is 0 Å². The topological polar surface area (TPSA) is 40.5 Å². The third kappa shape index (κ3) is 0.413. The maximum atomic E-state index is 8.87. The molecule has 9 heavy (non-hydrogen) atoms. The zero-order chi connectivity index (χ0) is 6.54. The minimum atomic E-state index is 0.182. The van der Waals surface area contributed by atoms with E-state index in [9.17, 15) is 0 Å². The molecule has 0 saturated heterocycles. The molecule has 0 spiro atoms. The Balaban J connectivity index is 2.09. The highest BCUT2D eigenvalue weighted by Gasteiger charge is 2.72. The molecule has 0 bridgehead atoms. The summed E-state index contributed by atoms with van der Waals surface area (Å²) in [6.45, 7) is 0.571. The second kappa shape index (κ2) is 1.32. The van der Waals surface area contributed by atoms with Crippen molar-refractivity contribution in [2.45, 2.75) is 19.3 Å². The van der Waals surface area contributed by atoms with Gasteiger partial charge >= 0.3 is 0 Å². The number of hydrogen-bond donors (Lipinski definition) is 2. The highest BCUT2D eigenvalue weighted by Crippen LogP contribution is 2.76. The molecule has 2 nitrogen and oxygen atoms in total. The van der Waals surface area contributed by atoms with Gasteiger partial charge in [0.05, 0.1) is 0 Å². The van der Waals surface area contributed by atoms with E-state index in [0.29, 0.717) is 0 Å². The fraction of sp³-hybridized carbons (Fsp3) is 1.00. The predicted octanol–water partition coefficient (Wildman–Crippen LogP) is 0.141. The molecule has 2 saturated carbocycles. The predicted molar refractivity (Wildman–Crippen MR) is 32.9 cm³/mol. The Morgan fingerprint density at radius 1 is 1.00 bits per heavy atom. The molecule has 0 aromatic heterocycles. The average Bonchev–Trinajstić information content (AvgIpc) is 2.33. The Morgan fingerprint density at radius 3 is 1.56 bits per heavy atom. The van der Waals surface area contributed by atoms with Crippen LogP contribution in [0.25, 0.3) is 0 Å². The van der Waals surface area contributed by atoms with Gasteiger partial charge in [-0.3, -0.25) is 0 Å². The number of aliphatic hydroxyl groups is 2. The molecule has 2 aliphatic rings. The zero-order valence-corrected chi connectivity index (χ0v) is 5.43. The van der Waals surface area contributed by atoms with Crippen LogP contribution in [0.1, 0.15) is 19.3 Å². The first-order valence-corrected chi connectivity index (χ1v) is 3.50. The van der Waals surface area contributed by atoms with Crippen molar-refractivity contribution in [1.82, 2.24) is 0 Å². The standard InChI is InChI=1S/C7H12O2/c8-4-6-1-2-7(6,3-6)5-9/h8-9H,1-5H2. The lowest BCUT2D eigenvalue weighted by molar-refractivity contribution is 0.0459. The normalized spacial score (nSPS) is 54.0. The van der Waals surface area contributed by atoms with Crippen LogP contribution in [-0.4, -0.2) is 23.4 Å². The lowest BCUT2D eigenvalue weighted by Gasteiger charge is -2.32. The van der Waals surface area contributed by atoms with Crippen LogP contribution in [0.15, 0.2) is 0 Å². The molecule has 2 aliphatic carbocycles. The van der Waals surface area contributed by atoms with Gasteiger partial charge in [-0.2, -0.15) is 0 Å². The minimum Gasteiger partial charge on any atom is -0.396 e. The van der Waals surface area contributed by atoms with Crippen LogP contribution in [0.4, 0.5) is 0 Å². The summed E-state index contributed by atoms with van der Waals surface area (Å²) in [4.78, 5) is 0. The Hall–Kier alpha value is -0.0800. The molecule has 0 aromatic carbocycles. The highest BCUT2D eigenvalue weighted by molar-refractivity contribution is 5.21. The monoisotopic (exact) mass is 128 g/mol. The zero-order valence-electron chi connectivity index (χ0n) is 5.43. The van der Waals surface area contributed by atoms with Gasteiger partial charge in [0.1, 0.15) is 0 Å². The Bertz CT molecular complexity index is 122. The third-order valence-electron chi connectivity index (χ3n) is 3.36. The van der Waals surface area contributed by atoms with Crippen molar-refractivity contribution in [1.29, 1.82) is 0 Å². The van der Waals surface area contributed by atoms with Crippen molar-refractivity contribution < 1.29 is 10.2 Å². The number of aliphatic hydroxyl groups excluding tert-OH is 2. The number of fused-ring (bicyclic) bond motifs is 1. The van der Waals surface area contributed by atoms with Crippen LogP contribution in [0, 0.1) is 10.8 Å². The molecular formula is C7H12O2. The molecule has 2 fully saturated rings. The summed E-state index contributed by atoms with van der Waals surface area (Å²) in [6, 6.07) is 0. The van der Waals surface area contributed by atoms with Gasteiger partial charge in [-0.15, -0.1) is 0 Å². The van der Waals surface area contributed by atoms with Crippen molar-refractivity contribution in [3.8, 4) is 0 Å². The van der Waals surface area contributed by atoms with Crippen LogP contribution in [0.5, 0.6) is 0 Å². The van der Waals surface area contributed by atoms with Crippen LogP contribution in [0.2, 0.25) is 0 Å². The molecule has 0 radical (unpaired) electrons. The van der Waals surface area contributed by atoms with E-state index in [0.717, 1.165) is 19.3 Å². The van der Waals surface area contributed by atoms with Gasteiger partial charge in [-0.25, -0.2) is 0 Å². The molecule has 0 aliphatic heterocycles. The van der Waals surface area contributed by atoms with Gasteiger partial charge in [-0.05, 0) is 19.3 Å².